The van der Waals surface area contributed by atoms with Crippen LogP contribution >= 0.6 is 11.3 Å². The number of halogens is 3. The average molecular weight is 448 g/mol. The highest BCUT2D eigenvalue weighted by Crippen LogP contribution is 2.32. The van der Waals surface area contributed by atoms with E-state index in [1.165, 1.54) is 28.6 Å². The van der Waals surface area contributed by atoms with E-state index in [2.05, 4.69) is 4.98 Å². The maximum absolute atomic E-state index is 12.8. The highest BCUT2D eigenvalue weighted by molar-refractivity contribution is 7.89. The van der Waals surface area contributed by atoms with E-state index in [4.69, 9.17) is 0 Å². The van der Waals surface area contributed by atoms with Gasteiger partial charge in [0.2, 0.25) is 10.0 Å². The molecule has 1 aromatic carbocycles. The van der Waals surface area contributed by atoms with E-state index in [-0.39, 0.29) is 16.4 Å². The van der Waals surface area contributed by atoms with Crippen LogP contribution in [-0.2, 0) is 10.0 Å². The Balaban J connectivity index is 1.63. The molecule has 0 saturated carbocycles. The predicted molar refractivity (Wildman–Crippen MR) is 102 cm³/mol. The van der Waals surface area contributed by atoms with Gasteiger partial charge in [0, 0.05) is 35.6 Å². The van der Waals surface area contributed by atoms with Crippen molar-refractivity contribution in [1.29, 1.82) is 0 Å². The number of hydrogen-bond acceptors (Lipinski definition) is 5. The van der Waals surface area contributed by atoms with Gasteiger partial charge in [0.05, 0.1) is 9.90 Å². The standard InChI is InChI=1S/C18H20F3N3O3S2/c1-12-10-28-17(23-12)14-6-8-24(9-7-14)29(26,27)15-4-2-13(3-5-15)16(25)22-11-18(19,20)21/h2-5,10,14H,6-9,11H2,1H3,(H,22,25). The lowest BCUT2D eigenvalue weighted by Crippen LogP contribution is -2.38. The van der Waals surface area contributed by atoms with Crippen LogP contribution in [0.5, 0.6) is 0 Å². The van der Waals surface area contributed by atoms with Gasteiger partial charge >= 0.3 is 6.18 Å². The van der Waals surface area contributed by atoms with E-state index in [1.54, 1.807) is 16.7 Å². The lowest BCUT2D eigenvalue weighted by Gasteiger charge is -2.30. The Morgan fingerprint density at radius 1 is 1.24 bits per heavy atom. The van der Waals surface area contributed by atoms with Gasteiger partial charge in [-0.15, -0.1) is 11.3 Å². The molecule has 1 aromatic heterocycles. The zero-order valence-electron chi connectivity index (χ0n) is 15.6. The maximum atomic E-state index is 12.8. The van der Waals surface area contributed by atoms with Gasteiger partial charge in [0.25, 0.3) is 5.91 Å². The van der Waals surface area contributed by atoms with Crippen molar-refractivity contribution in [2.45, 2.75) is 36.8 Å². The van der Waals surface area contributed by atoms with Crippen molar-refractivity contribution in [1.82, 2.24) is 14.6 Å². The summed E-state index contributed by atoms with van der Waals surface area (Å²) in [6.07, 6.45) is -3.17. The Kier molecular flexibility index (Phi) is 6.30. The highest BCUT2D eigenvalue weighted by Gasteiger charge is 2.31. The molecule has 1 saturated heterocycles. The molecule has 1 N–H and O–H groups in total. The van der Waals surface area contributed by atoms with E-state index in [1.807, 2.05) is 12.3 Å². The Labute approximate surface area is 170 Å². The molecule has 1 aliphatic rings. The summed E-state index contributed by atoms with van der Waals surface area (Å²) in [7, 11) is -3.74. The Morgan fingerprint density at radius 3 is 2.38 bits per heavy atom. The number of nitrogens with zero attached hydrogens (tertiary/aromatic N) is 2. The van der Waals surface area contributed by atoms with E-state index in [0.29, 0.717) is 25.9 Å². The molecular formula is C18H20F3N3O3S2. The minimum Gasteiger partial charge on any atom is -0.343 e. The van der Waals surface area contributed by atoms with Crippen molar-refractivity contribution in [3.05, 3.63) is 45.9 Å². The van der Waals surface area contributed by atoms with Crippen LogP contribution < -0.4 is 5.32 Å². The summed E-state index contributed by atoms with van der Waals surface area (Å²) in [6.45, 7) is 1.20. The number of amides is 1. The van der Waals surface area contributed by atoms with Crippen LogP contribution in [0.3, 0.4) is 0 Å². The number of carbonyl (C=O) groups is 1. The summed E-state index contributed by atoms with van der Waals surface area (Å²) in [5.41, 5.74) is 0.922. The molecule has 0 unspecified atom stereocenters. The third kappa shape index (κ3) is 5.34. The fraction of sp³-hybridized carbons (Fsp3) is 0.444. The molecule has 1 fully saturated rings. The second-order valence-corrected chi connectivity index (χ2v) is 9.66. The Hall–Kier alpha value is -1.98. The molecule has 0 spiro atoms. The van der Waals surface area contributed by atoms with Crippen LogP contribution in [-0.4, -0.2) is 49.4 Å². The van der Waals surface area contributed by atoms with Crippen LogP contribution in [0.4, 0.5) is 13.2 Å². The number of aryl methyl sites for hydroxylation is 1. The maximum Gasteiger partial charge on any atom is 0.405 e. The zero-order chi connectivity index (χ0) is 21.2. The van der Waals surface area contributed by atoms with Gasteiger partial charge in [-0.1, -0.05) is 0 Å². The molecule has 2 aromatic rings. The number of aromatic nitrogens is 1. The van der Waals surface area contributed by atoms with Gasteiger partial charge in [-0.3, -0.25) is 4.79 Å². The van der Waals surface area contributed by atoms with Crippen LogP contribution in [0, 0.1) is 6.92 Å². The van der Waals surface area contributed by atoms with Gasteiger partial charge in [0.1, 0.15) is 6.54 Å². The first-order chi connectivity index (χ1) is 13.6. The third-order valence-corrected chi connectivity index (χ3v) is 7.68. The minimum atomic E-state index is -4.51. The summed E-state index contributed by atoms with van der Waals surface area (Å²) in [6, 6.07) is 4.91. The molecular weight excluding hydrogens is 427 g/mol. The first-order valence-corrected chi connectivity index (χ1v) is 11.3. The molecule has 2 heterocycles. The van der Waals surface area contributed by atoms with E-state index in [9.17, 15) is 26.4 Å². The summed E-state index contributed by atoms with van der Waals surface area (Å²) in [5, 5.41) is 4.75. The van der Waals surface area contributed by atoms with Crippen molar-refractivity contribution in [3.63, 3.8) is 0 Å². The number of thiazole rings is 1. The predicted octanol–water partition coefficient (Wildman–Crippen LogP) is 3.31. The number of hydrogen-bond donors (Lipinski definition) is 1. The van der Waals surface area contributed by atoms with Gasteiger partial charge < -0.3 is 5.32 Å². The lowest BCUT2D eigenvalue weighted by atomic mass is 9.99. The van der Waals surface area contributed by atoms with Gasteiger partial charge in [0.15, 0.2) is 0 Å². The van der Waals surface area contributed by atoms with E-state index >= 15 is 0 Å². The van der Waals surface area contributed by atoms with Gasteiger partial charge in [-0.25, -0.2) is 13.4 Å². The largest absolute Gasteiger partial charge is 0.405 e. The molecule has 0 atom stereocenters. The number of alkyl halides is 3. The number of carbonyl (C=O) groups excluding carboxylic acids is 1. The lowest BCUT2D eigenvalue weighted by molar-refractivity contribution is -0.123. The summed E-state index contributed by atoms with van der Waals surface area (Å²) >= 11 is 1.58. The Bertz CT molecular complexity index is 964. The summed E-state index contributed by atoms with van der Waals surface area (Å²) in [5.74, 6) is -0.675. The van der Waals surface area contributed by atoms with E-state index in [0.717, 1.165) is 10.7 Å². The van der Waals surface area contributed by atoms with Crippen molar-refractivity contribution in [2.24, 2.45) is 0 Å². The zero-order valence-corrected chi connectivity index (χ0v) is 17.2. The number of nitrogens with one attached hydrogen (secondary N) is 1. The quantitative estimate of drug-likeness (QED) is 0.763. The minimum absolute atomic E-state index is 0.00779. The molecule has 1 aliphatic heterocycles. The second-order valence-electron chi connectivity index (χ2n) is 6.83. The number of rotatable bonds is 5. The molecule has 29 heavy (non-hydrogen) atoms. The average Bonchev–Trinajstić information content (AvgIpc) is 3.12. The van der Waals surface area contributed by atoms with Crippen molar-refractivity contribution in [2.75, 3.05) is 19.6 Å². The van der Waals surface area contributed by atoms with Crippen molar-refractivity contribution >= 4 is 27.3 Å². The molecule has 158 valence electrons. The first-order valence-electron chi connectivity index (χ1n) is 8.93. The molecule has 6 nitrogen and oxygen atoms in total. The van der Waals surface area contributed by atoms with Crippen LogP contribution in [0.25, 0.3) is 0 Å². The number of piperidine rings is 1. The number of sulfonamides is 1. The highest BCUT2D eigenvalue weighted by atomic mass is 32.2. The molecule has 3 rings (SSSR count). The van der Waals surface area contributed by atoms with Crippen molar-refractivity contribution in [3.8, 4) is 0 Å². The first kappa shape index (κ1) is 21.7. The van der Waals surface area contributed by atoms with Crippen LogP contribution in [0.1, 0.15) is 39.8 Å². The Morgan fingerprint density at radius 2 is 1.86 bits per heavy atom. The van der Waals surface area contributed by atoms with Crippen LogP contribution in [0.2, 0.25) is 0 Å². The monoisotopic (exact) mass is 447 g/mol. The molecule has 1 amide bonds. The molecule has 0 bridgehead atoms. The molecule has 11 heteroatoms. The third-order valence-electron chi connectivity index (χ3n) is 4.64. The fourth-order valence-electron chi connectivity index (χ4n) is 3.11. The summed E-state index contributed by atoms with van der Waals surface area (Å²) < 4.78 is 63.6. The topological polar surface area (TPSA) is 79.4 Å². The van der Waals surface area contributed by atoms with E-state index < -0.39 is 28.7 Å². The summed E-state index contributed by atoms with van der Waals surface area (Å²) in [4.78, 5) is 16.2. The second kappa shape index (κ2) is 8.41. The SMILES string of the molecule is Cc1csc(C2CCN(S(=O)(=O)c3ccc(C(=O)NCC(F)(F)F)cc3)CC2)n1. The molecule has 0 aliphatic carbocycles. The smallest absolute Gasteiger partial charge is 0.343 e. The number of benzene rings is 1. The molecule has 0 radical (unpaired) electrons. The van der Waals surface area contributed by atoms with Gasteiger partial charge in [-0.05, 0) is 44.0 Å². The van der Waals surface area contributed by atoms with Crippen LogP contribution in [0.15, 0.2) is 34.5 Å². The van der Waals surface area contributed by atoms with Gasteiger partial charge in [-0.2, -0.15) is 17.5 Å². The van der Waals surface area contributed by atoms with Crippen molar-refractivity contribution < 1.29 is 26.4 Å². The normalized spacial score (nSPS) is 16.7. The fourth-order valence-corrected chi connectivity index (χ4v) is 5.55.